The van der Waals surface area contributed by atoms with Crippen LogP contribution in [0.4, 0.5) is 0 Å². The zero-order chi connectivity index (χ0) is 18.1. The second-order valence-corrected chi connectivity index (χ2v) is 5.71. The Bertz CT molecular complexity index is 1080. The predicted molar refractivity (Wildman–Crippen MR) is 95.3 cm³/mol. The minimum Gasteiger partial charge on any atom is -0.497 e. The second-order valence-electron chi connectivity index (χ2n) is 5.71. The number of methoxy groups -OCH3 is 1. The van der Waals surface area contributed by atoms with Gasteiger partial charge in [-0.05, 0) is 53.6 Å². The molecule has 0 spiro atoms. The van der Waals surface area contributed by atoms with Crippen LogP contribution in [0.5, 0.6) is 17.2 Å². The molecule has 0 atom stereocenters. The van der Waals surface area contributed by atoms with E-state index in [0.29, 0.717) is 28.3 Å². The number of aromatic nitrogens is 1. The number of fused-ring (bicyclic) bond motifs is 1. The van der Waals surface area contributed by atoms with E-state index in [4.69, 9.17) is 14.2 Å². The van der Waals surface area contributed by atoms with Gasteiger partial charge < -0.3 is 19.2 Å². The molecule has 26 heavy (non-hydrogen) atoms. The van der Waals surface area contributed by atoms with Gasteiger partial charge in [0.1, 0.15) is 17.4 Å². The van der Waals surface area contributed by atoms with Crippen LogP contribution >= 0.6 is 0 Å². The van der Waals surface area contributed by atoms with Crippen LogP contribution in [0.1, 0.15) is 5.56 Å². The molecule has 1 aliphatic heterocycles. The Morgan fingerprint density at radius 3 is 2.50 bits per heavy atom. The predicted octanol–water partition coefficient (Wildman–Crippen LogP) is 3.32. The highest BCUT2D eigenvalue weighted by molar-refractivity contribution is 5.77. The Kier molecular flexibility index (Phi) is 3.82. The molecule has 0 amide bonds. The molecule has 2 aromatic carbocycles. The summed E-state index contributed by atoms with van der Waals surface area (Å²) in [4.78, 5) is 15.2. The molecule has 0 bridgehead atoms. The number of nitrogens with one attached hydrogen (secondary N) is 1. The van der Waals surface area contributed by atoms with Gasteiger partial charge >= 0.3 is 0 Å². The fourth-order valence-corrected chi connectivity index (χ4v) is 2.89. The molecule has 6 nitrogen and oxygen atoms in total. The molecule has 0 unspecified atom stereocenters. The summed E-state index contributed by atoms with van der Waals surface area (Å²) < 4.78 is 15.9. The molecule has 1 aliphatic rings. The Morgan fingerprint density at radius 1 is 1.04 bits per heavy atom. The van der Waals surface area contributed by atoms with Crippen LogP contribution in [0.15, 0.2) is 53.3 Å². The number of hydrogen-bond donors (Lipinski definition) is 1. The van der Waals surface area contributed by atoms with Gasteiger partial charge in [0.15, 0.2) is 11.5 Å². The molecule has 0 saturated heterocycles. The van der Waals surface area contributed by atoms with E-state index in [-0.39, 0.29) is 12.4 Å². The highest BCUT2D eigenvalue weighted by atomic mass is 16.7. The summed E-state index contributed by atoms with van der Waals surface area (Å²) in [7, 11) is 1.59. The number of pyridine rings is 1. The summed E-state index contributed by atoms with van der Waals surface area (Å²) in [6, 6.07) is 16.4. The van der Waals surface area contributed by atoms with Crippen molar-refractivity contribution in [3.63, 3.8) is 0 Å². The van der Waals surface area contributed by atoms with Gasteiger partial charge in [-0.15, -0.1) is 0 Å². The summed E-state index contributed by atoms with van der Waals surface area (Å²) >= 11 is 0. The van der Waals surface area contributed by atoms with E-state index in [1.54, 1.807) is 31.4 Å². The van der Waals surface area contributed by atoms with Crippen molar-refractivity contribution in [2.75, 3.05) is 13.9 Å². The molecular weight excluding hydrogens is 332 g/mol. The van der Waals surface area contributed by atoms with Crippen LogP contribution in [0.2, 0.25) is 0 Å². The molecule has 0 radical (unpaired) electrons. The van der Waals surface area contributed by atoms with Crippen molar-refractivity contribution in [1.29, 1.82) is 5.26 Å². The van der Waals surface area contributed by atoms with Crippen molar-refractivity contribution in [1.82, 2.24) is 4.98 Å². The van der Waals surface area contributed by atoms with Crippen molar-refractivity contribution in [2.45, 2.75) is 0 Å². The number of nitriles is 1. The molecule has 3 aromatic rings. The number of ether oxygens (including phenoxy) is 3. The number of rotatable bonds is 3. The van der Waals surface area contributed by atoms with Crippen LogP contribution in [0, 0.1) is 11.3 Å². The first kappa shape index (κ1) is 15.8. The average Bonchev–Trinajstić information content (AvgIpc) is 3.15. The third-order valence-corrected chi connectivity index (χ3v) is 4.23. The van der Waals surface area contributed by atoms with Crippen LogP contribution in [-0.2, 0) is 0 Å². The Hall–Kier alpha value is -3.72. The fourth-order valence-electron chi connectivity index (χ4n) is 2.89. The van der Waals surface area contributed by atoms with E-state index < -0.39 is 5.56 Å². The van der Waals surface area contributed by atoms with E-state index in [9.17, 15) is 10.1 Å². The maximum absolute atomic E-state index is 12.4. The molecule has 0 aliphatic carbocycles. The van der Waals surface area contributed by atoms with Gasteiger partial charge in [-0.3, -0.25) is 4.79 Å². The van der Waals surface area contributed by atoms with Crippen LogP contribution < -0.4 is 19.8 Å². The van der Waals surface area contributed by atoms with Crippen molar-refractivity contribution in [3.05, 3.63) is 64.4 Å². The molecular formula is C20H14N2O4. The molecule has 128 valence electrons. The quantitative estimate of drug-likeness (QED) is 0.786. The van der Waals surface area contributed by atoms with Gasteiger partial charge in [0.05, 0.1) is 7.11 Å². The summed E-state index contributed by atoms with van der Waals surface area (Å²) in [6.07, 6.45) is 0. The average molecular weight is 346 g/mol. The maximum atomic E-state index is 12.4. The van der Waals surface area contributed by atoms with Crippen molar-refractivity contribution < 1.29 is 14.2 Å². The summed E-state index contributed by atoms with van der Waals surface area (Å²) in [5.74, 6) is 1.96. The molecule has 0 fully saturated rings. The topological polar surface area (TPSA) is 84.3 Å². The fraction of sp³-hybridized carbons (Fsp3) is 0.100. The lowest BCUT2D eigenvalue weighted by atomic mass is 9.98. The van der Waals surface area contributed by atoms with Crippen molar-refractivity contribution in [3.8, 4) is 45.7 Å². The second kappa shape index (κ2) is 6.30. The van der Waals surface area contributed by atoms with E-state index in [1.165, 1.54) is 0 Å². The first-order valence-corrected chi connectivity index (χ1v) is 7.91. The molecule has 0 saturated carbocycles. The Balaban J connectivity index is 1.87. The molecule has 2 heterocycles. The molecule has 1 N–H and O–H groups in total. The SMILES string of the molecule is COc1ccc(-c2cc(-c3ccc4c(c3)OCO4)c(C#N)c(=O)[nH]2)cc1. The van der Waals surface area contributed by atoms with E-state index in [0.717, 1.165) is 11.3 Å². The Morgan fingerprint density at radius 2 is 1.77 bits per heavy atom. The first-order valence-electron chi connectivity index (χ1n) is 7.91. The van der Waals surface area contributed by atoms with Gasteiger partial charge in [0.2, 0.25) is 6.79 Å². The summed E-state index contributed by atoms with van der Waals surface area (Å²) in [6.45, 7) is 0.163. The third-order valence-electron chi connectivity index (χ3n) is 4.23. The third kappa shape index (κ3) is 2.66. The molecule has 1 aromatic heterocycles. The van der Waals surface area contributed by atoms with E-state index in [1.807, 2.05) is 30.3 Å². The van der Waals surface area contributed by atoms with Gasteiger partial charge in [0.25, 0.3) is 5.56 Å². The Labute approximate surface area is 149 Å². The lowest BCUT2D eigenvalue weighted by Crippen LogP contribution is -2.12. The number of aromatic amines is 1. The van der Waals surface area contributed by atoms with Gasteiger partial charge in [-0.2, -0.15) is 5.26 Å². The van der Waals surface area contributed by atoms with E-state index in [2.05, 4.69) is 4.98 Å². The highest BCUT2D eigenvalue weighted by Crippen LogP contribution is 2.37. The standard InChI is InChI=1S/C20H14N2O4/c1-24-14-5-2-12(3-6-14)17-9-15(16(10-21)20(23)22-17)13-4-7-18-19(8-13)26-11-25-18/h2-9H,11H2,1H3,(H,22,23). The minimum atomic E-state index is -0.437. The van der Waals surface area contributed by atoms with Crippen LogP contribution in [0.3, 0.4) is 0 Å². The minimum absolute atomic E-state index is 0.0566. The first-order chi connectivity index (χ1) is 12.7. The number of hydrogen-bond acceptors (Lipinski definition) is 5. The molecule has 4 rings (SSSR count). The van der Waals surface area contributed by atoms with Gasteiger partial charge in [0, 0.05) is 11.3 Å². The smallest absolute Gasteiger partial charge is 0.266 e. The van der Waals surface area contributed by atoms with Crippen molar-refractivity contribution in [2.24, 2.45) is 0 Å². The van der Waals surface area contributed by atoms with Gasteiger partial charge in [-0.25, -0.2) is 0 Å². The zero-order valence-electron chi connectivity index (χ0n) is 13.9. The number of nitrogens with zero attached hydrogens (tertiary/aromatic N) is 1. The summed E-state index contributed by atoms with van der Waals surface area (Å²) in [5.41, 5.74) is 2.31. The monoisotopic (exact) mass is 346 g/mol. The lowest BCUT2D eigenvalue weighted by molar-refractivity contribution is 0.174. The maximum Gasteiger partial charge on any atom is 0.266 e. The number of benzene rings is 2. The van der Waals surface area contributed by atoms with E-state index >= 15 is 0 Å². The molecule has 6 heteroatoms. The van der Waals surface area contributed by atoms with Gasteiger partial charge in [-0.1, -0.05) is 6.07 Å². The largest absolute Gasteiger partial charge is 0.497 e. The normalized spacial score (nSPS) is 11.8. The highest BCUT2D eigenvalue weighted by Gasteiger charge is 2.17. The zero-order valence-corrected chi connectivity index (χ0v) is 13.9. The van der Waals surface area contributed by atoms with Crippen LogP contribution in [0.25, 0.3) is 22.4 Å². The van der Waals surface area contributed by atoms with Crippen molar-refractivity contribution >= 4 is 0 Å². The lowest BCUT2D eigenvalue weighted by Gasteiger charge is -2.09. The summed E-state index contributed by atoms with van der Waals surface area (Å²) in [5, 5.41) is 9.44. The van der Waals surface area contributed by atoms with Crippen LogP contribution in [-0.4, -0.2) is 18.9 Å². The number of H-pyrrole nitrogens is 1.